The highest BCUT2D eigenvalue weighted by atomic mass is 35.5. The highest BCUT2D eigenvalue weighted by Gasteiger charge is 2.33. The van der Waals surface area contributed by atoms with Crippen molar-refractivity contribution in [2.45, 2.75) is 52.2 Å². The van der Waals surface area contributed by atoms with Gasteiger partial charge in [0.05, 0.1) is 36.2 Å². The molecule has 38 heavy (non-hydrogen) atoms. The van der Waals surface area contributed by atoms with Gasteiger partial charge < -0.3 is 19.7 Å². The van der Waals surface area contributed by atoms with Gasteiger partial charge in [-0.3, -0.25) is 13.9 Å². The molecule has 0 fully saturated rings. The Balaban J connectivity index is 2.55. The van der Waals surface area contributed by atoms with Crippen molar-refractivity contribution in [1.82, 2.24) is 10.2 Å². The molecule has 0 saturated heterocycles. The molecule has 0 spiro atoms. The van der Waals surface area contributed by atoms with Gasteiger partial charge in [-0.15, -0.1) is 0 Å². The van der Waals surface area contributed by atoms with Gasteiger partial charge in [-0.1, -0.05) is 43.1 Å². The van der Waals surface area contributed by atoms with E-state index in [1.807, 2.05) is 13.8 Å². The van der Waals surface area contributed by atoms with Crippen LogP contribution in [0.3, 0.4) is 0 Å². The Morgan fingerprint density at radius 2 is 1.68 bits per heavy atom. The van der Waals surface area contributed by atoms with E-state index in [1.54, 1.807) is 37.3 Å². The maximum Gasteiger partial charge on any atom is 0.244 e. The lowest BCUT2D eigenvalue weighted by atomic mass is 10.1. The summed E-state index contributed by atoms with van der Waals surface area (Å²) in [6.45, 7) is 5.04. The highest BCUT2D eigenvalue weighted by Crippen LogP contribution is 2.34. The van der Waals surface area contributed by atoms with Gasteiger partial charge >= 0.3 is 0 Å². The molecule has 0 heterocycles. The number of sulfonamides is 1. The third kappa shape index (κ3) is 8.15. The van der Waals surface area contributed by atoms with Crippen molar-refractivity contribution in [2.24, 2.45) is 0 Å². The minimum Gasteiger partial charge on any atom is -0.497 e. The zero-order chi connectivity index (χ0) is 28.6. The molecule has 2 aromatic rings. The number of hydrogen-bond donors (Lipinski definition) is 1. The van der Waals surface area contributed by atoms with Crippen molar-refractivity contribution in [1.29, 1.82) is 0 Å². The van der Waals surface area contributed by atoms with Gasteiger partial charge in [0, 0.05) is 18.7 Å². The second-order valence-electron chi connectivity index (χ2n) is 8.82. The Labute approximate surface area is 235 Å². The molecule has 0 radical (unpaired) electrons. The Bertz CT molecular complexity index is 1240. The van der Waals surface area contributed by atoms with E-state index in [9.17, 15) is 18.0 Å². The molecule has 0 saturated carbocycles. The van der Waals surface area contributed by atoms with E-state index in [1.165, 1.54) is 25.2 Å². The summed E-state index contributed by atoms with van der Waals surface area (Å²) in [6.07, 6.45) is 2.01. The maximum absolute atomic E-state index is 13.9. The molecule has 9 nitrogen and oxygen atoms in total. The Hall–Kier alpha value is -2.69. The number of rotatable bonds is 13. The van der Waals surface area contributed by atoms with Crippen LogP contribution in [0, 0.1) is 0 Å². The summed E-state index contributed by atoms with van der Waals surface area (Å²) in [5.74, 6) is -0.298. The molecule has 2 amide bonds. The van der Waals surface area contributed by atoms with Crippen molar-refractivity contribution in [3.63, 3.8) is 0 Å². The fourth-order valence-electron chi connectivity index (χ4n) is 3.78. The zero-order valence-corrected chi connectivity index (χ0v) is 24.8. The van der Waals surface area contributed by atoms with Gasteiger partial charge in [0.1, 0.15) is 24.1 Å². The van der Waals surface area contributed by atoms with Gasteiger partial charge in [0.15, 0.2) is 0 Å². The SMILES string of the molecule is CC[C@@H](C)NC(=O)[C@H](CC)N(Cc1ccc(Cl)c(Cl)c1)C(=O)CN(c1cc(OC)ccc1OC)S(C)(=O)=O. The molecule has 0 aliphatic carbocycles. The number of methoxy groups -OCH3 is 2. The molecule has 1 N–H and O–H groups in total. The molecule has 0 aliphatic heterocycles. The van der Waals surface area contributed by atoms with Gasteiger partial charge in [-0.25, -0.2) is 8.42 Å². The van der Waals surface area contributed by atoms with Crippen molar-refractivity contribution in [2.75, 3.05) is 31.3 Å². The van der Waals surface area contributed by atoms with Crippen molar-refractivity contribution < 1.29 is 27.5 Å². The lowest BCUT2D eigenvalue weighted by Gasteiger charge is -2.33. The maximum atomic E-state index is 13.9. The van der Waals surface area contributed by atoms with Crippen LogP contribution in [-0.4, -0.2) is 64.2 Å². The molecule has 0 bridgehead atoms. The molecule has 0 aromatic heterocycles. The normalized spacial score (nSPS) is 12.8. The van der Waals surface area contributed by atoms with E-state index < -0.39 is 28.5 Å². The highest BCUT2D eigenvalue weighted by molar-refractivity contribution is 7.92. The van der Waals surface area contributed by atoms with E-state index in [0.717, 1.165) is 10.6 Å². The van der Waals surface area contributed by atoms with E-state index in [4.69, 9.17) is 32.7 Å². The number of anilines is 1. The van der Waals surface area contributed by atoms with Crippen LogP contribution >= 0.6 is 23.2 Å². The molecule has 2 aromatic carbocycles. The predicted molar refractivity (Wildman–Crippen MR) is 151 cm³/mol. The van der Waals surface area contributed by atoms with Crippen molar-refractivity contribution >= 4 is 50.7 Å². The van der Waals surface area contributed by atoms with E-state index in [2.05, 4.69) is 5.32 Å². The molecular weight excluding hydrogens is 553 g/mol. The van der Waals surface area contributed by atoms with E-state index in [-0.39, 0.29) is 29.9 Å². The topological polar surface area (TPSA) is 105 Å². The second-order valence-corrected chi connectivity index (χ2v) is 11.5. The van der Waals surface area contributed by atoms with Crippen LogP contribution in [0.5, 0.6) is 11.5 Å². The summed E-state index contributed by atoms with van der Waals surface area (Å²) < 4.78 is 37.4. The first-order valence-electron chi connectivity index (χ1n) is 12.1. The molecular formula is C26H35Cl2N3O6S. The Kier molecular flexibility index (Phi) is 11.5. The fourth-order valence-corrected chi connectivity index (χ4v) is 4.95. The number of carbonyl (C=O) groups excluding carboxylic acids is 2. The number of halogens is 2. The van der Waals surface area contributed by atoms with Crippen LogP contribution in [-0.2, 0) is 26.2 Å². The minimum atomic E-state index is -3.95. The predicted octanol–water partition coefficient (Wildman–Crippen LogP) is 4.50. The first-order valence-corrected chi connectivity index (χ1v) is 14.7. The standard InChI is InChI=1S/C26H35Cl2N3O6S/c1-7-17(3)29-26(33)22(8-2)30(15-18-9-11-20(27)21(28)13-18)25(32)16-31(38(6,34)35)23-14-19(36-4)10-12-24(23)37-5/h9-14,17,22H,7-8,15-16H2,1-6H3,(H,29,33)/t17-,22+/m1/s1. The van der Waals surface area contributed by atoms with Gasteiger partial charge in [0.25, 0.3) is 0 Å². The number of ether oxygens (including phenoxy) is 2. The fraction of sp³-hybridized carbons (Fsp3) is 0.462. The number of nitrogens with zero attached hydrogens (tertiary/aromatic N) is 2. The van der Waals surface area contributed by atoms with Crippen LogP contribution in [0.25, 0.3) is 0 Å². The van der Waals surface area contributed by atoms with Crippen LogP contribution in [0.2, 0.25) is 10.0 Å². The zero-order valence-electron chi connectivity index (χ0n) is 22.5. The van der Waals surface area contributed by atoms with Gasteiger partial charge in [0.2, 0.25) is 21.8 Å². The first kappa shape index (κ1) is 31.5. The molecule has 12 heteroatoms. The van der Waals surface area contributed by atoms with E-state index >= 15 is 0 Å². The van der Waals surface area contributed by atoms with Crippen molar-refractivity contribution in [3.05, 3.63) is 52.0 Å². The quantitative estimate of drug-likeness (QED) is 0.370. The Morgan fingerprint density at radius 3 is 2.21 bits per heavy atom. The summed E-state index contributed by atoms with van der Waals surface area (Å²) >= 11 is 12.3. The van der Waals surface area contributed by atoms with Crippen LogP contribution in [0.4, 0.5) is 5.69 Å². The number of amides is 2. The summed E-state index contributed by atoms with van der Waals surface area (Å²) in [4.78, 5) is 28.4. The summed E-state index contributed by atoms with van der Waals surface area (Å²) in [6, 6.07) is 8.60. The number of benzene rings is 2. The largest absolute Gasteiger partial charge is 0.497 e. The molecule has 2 rings (SSSR count). The van der Waals surface area contributed by atoms with Gasteiger partial charge in [-0.2, -0.15) is 0 Å². The van der Waals surface area contributed by atoms with Crippen LogP contribution < -0.4 is 19.1 Å². The summed E-state index contributed by atoms with van der Waals surface area (Å²) in [5, 5.41) is 3.57. The number of hydrogen-bond acceptors (Lipinski definition) is 6. The van der Waals surface area contributed by atoms with Crippen LogP contribution in [0.15, 0.2) is 36.4 Å². The minimum absolute atomic E-state index is 0.00893. The number of carbonyl (C=O) groups is 2. The molecule has 0 aliphatic rings. The summed E-state index contributed by atoms with van der Waals surface area (Å²) in [7, 11) is -1.11. The third-order valence-corrected chi connectivity index (χ3v) is 7.92. The Morgan fingerprint density at radius 1 is 1.00 bits per heavy atom. The molecule has 210 valence electrons. The second kappa shape index (κ2) is 13.9. The average molecular weight is 589 g/mol. The summed E-state index contributed by atoms with van der Waals surface area (Å²) in [5.41, 5.74) is 0.765. The third-order valence-electron chi connectivity index (χ3n) is 6.06. The number of nitrogens with one attached hydrogen (secondary N) is 1. The van der Waals surface area contributed by atoms with E-state index in [0.29, 0.717) is 34.2 Å². The smallest absolute Gasteiger partial charge is 0.244 e. The van der Waals surface area contributed by atoms with Crippen molar-refractivity contribution in [3.8, 4) is 11.5 Å². The lowest BCUT2D eigenvalue weighted by molar-refractivity contribution is -0.140. The monoisotopic (exact) mass is 587 g/mol. The first-order chi connectivity index (χ1) is 17.9. The lowest BCUT2D eigenvalue weighted by Crippen LogP contribution is -2.53. The average Bonchev–Trinajstić information content (AvgIpc) is 2.87. The molecule has 2 atom stereocenters. The van der Waals surface area contributed by atoms with Gasteiger partial charge in [-0.05, 0) is 49.6 Å². The van der Waals surface area contributed by atoms with Crippen LogP contribution in [0.1, 0.15) is 39.2 Å². The molecule has 0 unspecified atom stereocenters.